The fraction of sp³-hybridized carbons (Fsp3) is 0.600. The van der Waals surface area contributed by atoms with Crippen molar-refractivity contribution in [2.75, 3.05) is 19.8 Å². The van der Waals surface area contributed by atoms with Crippen molar-refractivity contribution < 1.29 is 14.3 Å². The Labute approximate surface area is 89.0 Å². The van der Waals surface area contributed by atoms with Gasteiger partial charge in [0.2, 0.25) is 0 Å². The van der Waals surface area contributed by atoms with Crippen LogP contribution in [-0.4, -0.2) is 35.6 Å². The van der Waals surface area contributed by atoms with E-state index in [0.717, 1.165) is 0 Å². The average molecular weight is 212 g/mol. The summed E-state index contributed by atoms with van der Waals surface area (Å²) in [6.07, 6.45) is 3.17. The molecule has 0 N–H and O–H groups in total. The van der Waals surface area contributed by atoms with Crippen LogP contribution >= 0.6 is 0 Å². The molecule has 0 saturated heterocycles. The van der Waals surface area contributed by atoms with E-state index in [2.05, 4.69) is 5.10 Å². The quantitative estimate of drug-likeness (QED) is 0.523. The van der Waals surface area contributed by atoms with E-state index in [1.165, 1.54) is 6.20 Å². The van der Waals surface area contributed by atoms with Crippen molar-refractivity contribution in [3.63, 3.8) is 0 Å². The number of hydrogen-bond acceptors (Lipinski definition) is 4. The van der Waals surface area contributed by atoms with Gasteiger partial charge < -0.3 is 9.47 Å². The lowest BCUT2D eigenvalue weighted by molar-refractivity contribution is 0.0526. The van der Waals surface area contributed by atoms with Crippen molar-refractivity contribution in [1.29, 1.82) is 0 Å². The highest BCUT2D eigenvalue weighted by molar-refractivity contribution is 5.88. The lowest BCUT2D eigenvalue weighted by Crippen LogP contribution is -2.06. The Morgan fingerprint density at radius 1 is 1.47 bits per heavy atom. The summed E-state index contributed by atoms with van der Waals surface area (Å²) in [5, 5.41) is 4.03. The van der Waals surface area contributed by atoms with Crippen LogP contribution in [0, 0.1) is 0 Å². The number of carbonyl (C=O) groups is 1. The van der Waals surface area contributed by atoms with Gasteiger partial charge in [0.05, 0.1) is 31.5 Å². The monoisotopic (exact) mass is 212 g/mol. The molecule has 0 fully saturated rings. The van der Waals surface area contributed by atoms with Crippen molar-refractivity contribution in [2.45, 2.75) is 20.4 Å². The normalized spacial score (nSPS) is 10.3. The van der Waals surface area contributed by atoms with Gasteiger partial charge in [-0.1, -0.05) is 0 Å². The summed E-state index contributed by atoms with van der Waals surface area (Å²) in [5.41, 5.74) is 0.480. The van der Waals surface area contributed by atoms with Gasteiger partial charge in [-0.2, -0.15) is 5.10 Å². The second-order valence-electron chi connectivity index (χ2n) is 2.91. The molecule has 5 nitrogen and oxygen atoms in total. The topological polar surface area (TPSA) is 53.4 Å². The molecule has 0 spiro atoms. The Hall–Kier alpha value is -1.36. The van der Waals surface area contributed by atoms with Gasteiger partial charge in [0, 0.05) is 12.8 Å². The molecule has 0 aliphatic carbocycles. The number of carbonyl (C=O) groups excluding carboxylic acids is 1. The molecule has 1 aromatic heterocycles. The van der Waals surface area contributed by atoms with Crippen LogP contribution in [-0.2, 0) is 16.0 Å². The second kappa shape index (κ2) is 6.19. The predicted molar refractivity (Wildman–Crippen MR) is 54.7 cm³/mol. The van der Waals surface area contributed by atoms with Gasteiger partial charge in [-0.15, -0.1) is 0 Å². The molecule has 0 saturated carbocycles. The molecule has 0 aliphatic rings. The summed E-state index contributed by atoms with van der Waals surface area (Å²) in [6.45, 7) is 6.02. The summed E-state index contributed by atoms with van der Waals surface area (Å²) in [4.78, 5) is 11.3. The maximum absolute atomic E-state index is 11.3. The van der Waals surface area contributed by atoms with Crippen LogP contribution in [0.4, 0.5) is 0 Å². The van der Waals surface area contributed by atoms with E-state index in [0.29, 0.717) is 31.9 Å². The van der Waals surface area contributed by atoms with Gasteiger partial charge in [-0.3, -0.25) is 4.68 Å². The minimum atomic E-state index is -0.333. The number of ether oxygens (including phenoxy) is 2. The minimum Gasteiger partial charge on any atom is -0.462 e. The van der Waals surface area contributed by atoms with Crippen LogP contribution < -0.4 is 0 Å². The Balaban J connectivity index is 2.45. The molecule has 0 unspecified atom stereocenters. The Bertz CT molecular complexity index is 309. The molecular formula is C10H16N2O3. The summed E-state index contributed by atoms with van der Waals surface area (Å²) < 4.78 is 11.7. The molecule has 84 valence electrons. The summed E-state index contributed by atoms with van der Waals surface area (Å²) >= 11 is 0. The fourth-order valence-corrected chi connectivity index (χ4v) is 1.11. The number of hydrogen-bond donors (Lipinski definition) is 0. The first-order valence-electron chi connectivity index (χ1n) is 5.05. The van der Waals surface area contributed by atoms with Crippen LogP contribution in [0.1, 0.15) is 24.2 Å². The van der Waals surface area contributed by atoms with E-state index < -0.39 is 0 Å². The zero-order chi connectivity index (χ0) is 11.1. The molecule has 1 aromatic rings. The zero-order valence-corrected chi connectivity index (χ0v) is 9.10. The first-order chi connectivity index (χ1) is 7.27. The second-order valence-corrected chi connectivity index (χ2v) is 2.91. The van der Waals surface area contributed by atoms with Crippen molar-refractivity contribution in [3.05, 3.63) is 18.0 Å². The highest BCUT2D eigenvalue weighted by Gasteiger charge is 2.08. The zero-order valence-electron chi connectivity index (χ0n) is 9.10. The lowest BCUT2D eigenvalue weighted by atomic mass is 10.4. The van der Waals surface area contributed by atoms with Gasteiger partial charge in [0.1, 0.15) is 0 Å². The Morgan fingerprint density at radius 3 is 2.93 bits per heavy atom. The van der Waals surface area contributed by atoms with E-state index in [1.54, 1.807) is 17.8 Å². The largest absolute Gasteiger partial charge is 0.462 e. The van der Waals surface area contributed by atoms with E-state index >= 15 is 0 Å². The first kappa shape index (κ1) is 11.7. The molecule has 1 rings (SSSR count). The molecule has 0 bridgehead atoms. The number of aromatic nitrogens is 2. The molecular weight excluding hydrogens is 196 g/mol. The predicted octanol–water partition coefficient (Wildman–Crippen LogP) is 1.10. The van der Waals surface area contributed by atoms with Gasteiger partial charge in [-0.25, -0.2) is 4.79 Å². The summed E-state index contributed by atoms with van der Waals surface area (Å²) in [5.74, 6) is -0.333. The smallest absolute Gasteiger partial charge is 0.341 e. The third kappa shape index (κ3) is 3.71. The van der Waals surface area contributed by atoms with Crippen LogP contribution in [0.2, 0.25) is 0 Å². The third-order valence-electron chi connectivity index (χ3n) is 1.81. The summed E-state index contributed by atoms with van der Waals surface area (Å²) in [7, 11) is 0. The van der Waals surface area contributed by atoms with Crippen LogP contribution in [0.25, 0.3) is 0 Å². The highest BCUT2D eigenvalue weighted by atomic mass is 16.5. The van der Waals surface area contributed by atoms with Crippen LogP contribution in [0.15, 0.2) is 12.4 Å². The number of nitrogens with zero attached hydrogens (tertiary/aromatic N) is 2. The van der Waals surface area contributed by atoms with E-state index in [1.807, 2.05) is 6.92 Å². The molecule has 5 heteroatoms. The minimum absolute atomic E-state index is 0.333. The molecule has 0 radical (unpaired) electrons. The van der Waals surface area contributed by atoms with Crippen molar-refractivity contribution in [2.24, 2.45) is 0 Å². The lowest BCUT2D eigenvalue weighted by Gasteiger charge is -2.00. The Kier molecular flexibility index (Phi) is 4.83. The first-order valence-corrected chi connectivity index (χ1v) is 5.05. The van der Waals surface area contributed by atoms with Crippen LogP contribution in [0.5, 0.6) is 0 Å². The molecule has 0 atom stereocenters. The fourth-order valence-electron chi connectivity index (χ4n) is 1.11. The van der Waals surface area contributed by atoms with Gasteiger partial charge in [0.15, 0.2) is 0 Å². The third-order valence-corrected chi connectivity index (χ3v) is 1.81. The van der Waals surface area contributed by atoms with Crippen molar-refractivity contribution >= 4 is 5.97 Å². The maximum atomic E-state index is 11.3. The van der Waals surface area contributed by atoms with Gasteiger partial charge in [-0.05, 0) is 13.8 Å². The van der Waals surface area contributed by atoms with Crippen molar-refractivity contribution in [1.82, 2.24) is 9.78 Å². The SMILES string of the molecule is CCOCCn1cc(C(=O)OCC)cn1. The molecule has 0 aliphatic heterocycles. The van der Waals surface area contributed by atoms with E-state index in [9.17, 15) is 4.79 Å². The molecule has 1 heterocycles. The maximum Gasteiger partial charge on any atom is 0.341 e. The Morgan fingerprint density at radius 2 is 2.27 bits per heavy atom. The van der Waals surface area contributed by atoms with Crippen LogP contribution in [0.3, 0.4) is 0 Å². The number of rotatable bonds is 6. The highest BCUT2D eigenvalue weighted by Crippen LogP contribution is 2.00. The van der Waals surface area contributed by atoms with Crippen molar-refractivity contribution in [3.8, 4) is 0 Å². The molecule has 0 amide bonds. The van der Waals surface area contributed by atoms with E-state index in [-0.39, 0.29) is 5.97 Å². The number of esters is 1. The van der Waals surface area contributed by atoms with Gasteiger partial charge in [0.25, 0.3) is 0 Å². The average Bonchev–Trinajstić information content (AvgIpc) is 2.67. The van der Waals surface area contributed by atoms with E-state index in [4.69, 9.17) is 9.47 Å². The summed E-state index contributed by atoms with van der Waals surface area (Å²) in [6, 6.07) is 0. The molecule has 0 aromatic carbocycles. The standard InChI is InChI=1S/C10H16N2O3/c1-3-14-6-5-12-8-9(7-11-12)10(13)15-4-2/h7-8H,3-6H2,1-2H3. The van der Waals surface area contributed by atoms with Gasteiger partial charge >= 0.3 is 5.97 Å². The molecule has 15 heavy (non-hydrogen) atoms.